The molecule has 2 heterocycles. The standard InChI is InChI=1S/C15H31N3O/c1-14(2)12-16-13-15-4-3-5-18(15)7-6-17-8-10-19-11-9-17/h14-16H,3-13H2,1-2H3. The molecule has 0 saturated carbocycles. The van der Waals surface area contributed by atoms with Gasteiger partial charge in [-0.25, -0.2) is 0 Å². The van der Waals surface area contributed by atoms with Gasteiger partial charge in [0.25, 0.3) is 0 Å². The lowest BCUT2D eigenvalue weighted by molar-refractivity contribution is 0.0327. The van der Waals surface area contributed by atoms with Gasteiger partial charge in [0.05, 0.1) is 13.2 Å². The third-order valence-corrected chi connectivity index (χ3v) is 4.24. The Bertz CT molecular complexity index is 242. The normalized spacial score (nSPS) is 26.4. The summed E-state index contributed by atoms with van der Waals surface area (Å²) in [6, 6.07) is 0.764. The summed E-state index contributed by atoms with van der Waals surface area (Å²) in [7, 11) is 0. The second kappa shape index (κ2) is 8.20. The molecule has 0 amide bonds. The summed E-state index contributed by atoms with van der Waals surface area (Å²) in [6.07, 6.45) is 2.74. The molecule has 2 rings (SSSR count). The first-order chi connectivity index (χ1) is 9.25. The van der Waals surface area contributed by atoms with E-state index in [0.717, 1.165) is 44.8 Å². The molecule has 0 aromatic carbocycles. The van der Waals surface area contributed by atoms with Crippen molar-refractivity contribution in [2.24, 2.45) is 5.92 Å². The molecule has 112 valence electrons. The van der Waals surface area contributed by atoms with Crippen molar-refractivity contribution in [3.63, 3.8) is 0 Å². The van der Waals surface area contributed by atoms with Crippen molar-refractivity contribution in [1.29, 1.82) is 0 Å². The summed E-state index contributed by atoms with van der Waals surface area (Å²) < 4.78 is 5.40. The van der Waals surface area contributed by atoms with Gasteiger partial charge in [0, 0.05) is 38.8 Å². The molecule has 19 heavy (non-hydrogen) atoms. The molecule has 2 aliphatic heterocycles. The maximum Gasteiger partial charge on any atom is 0.0594 e. The van der Waals surface area contributed by atoms with Crippen molar-refractivity contribution < 1.29 is 4.74 Å². The summed E-state index contributed by atoms with van der Waals surface area (Å²) in [5.74, 6) is 0.753. The second-order valence-corrected chi connectivity index (χ2v) is 6.34. The van der Waals surface area contributed by atoms with E-state index in [0.29, 0.717) is 0 Å². The van der Waals surface area contributed by atoms with Crippen molar-refractivity contribution in [2.45, 2.75) is 32.7 Å². The van der Waals surface area contributed by atoms with E-state index in [2.05, 4.69) is 29.0 Å². The van der Waals surface area contributed by atoms with Gasteiger partial charge in [-0.15, -0.1) is 0 Å². The number of rotatable bonds is 7. The van der Waals surface area contributed by atoms with Gasteiger partial charge in [0.15, 0.2) is 0 Å². The Kier molecular flexibility index (Phi) is 6.57. The number of ether oxygens (including phenoxy) is 1. The zero-order chi connectivity index (χ0) is 13.5. The minimum absolute atomic E-state index is 0.753. The van der Waals surface area contributed by atoms with Crippen LogP contribution in [0, 0.1) is 5.92 Å². The Morgan fingerprint density at radius 2 is 1.95 bits per heavy atom. The summed E-state index contributed by atoms with van der Waals surface area (Å²) in [6.45, 7) is 14.7. The fraction of sp³-hybridized carbons (Fsp3) is 1.00. The molecule has 0 radical (unpaired) electrons. The van der Waals surface area contributed by atoms with Crippen LogP contribution in [0.15, 0.2) is 0 Å². The van der Waals surface area contributed by atoms with Gasteiger partial charge in [-0.3, -0.25) is 9.80 Å². The van der Waals surface area contributed by atoms with Crippen LogP contribution >= 0.6 is 0 Å². The maximum atomic E-state index is 5.40. The lowest BCUT2D eigenvalue weighted by Gasteiger charge is -2.31. The predicted octanol–water partition coefficient (Wildman–Crippen LogP) is 1.03. The van der Waals surface area contributed by atoms with Crippen molar-refractivity contribution in [2.75, 3.05) is 59.0 Å². The summed E-state index contributed by atoms with van der Waals surface area (Å²) in [4.78, 5) is 5.23. The molecular formula is C15H31N3O. The first-order valence-electron chi connectivity index (χ1n) is 8.00. The number of nitrogens with one attached hydrogen (secondary N) is 1. The van der Waals surface area contributed by atoms with Crippen LogP contribution in [0.3, 0.4) is 0 Å². The molecule has 1 N–H and O–H groups in total. The van der Waals surface area contributed by atoms with Gasteiger partial charge < -0.3 is 10.1 Å². The molecule has 0 spiro atoms. The van der Waals surface area contributed by atoms with Gasteiger partial charge in [-0.05, 0) is 31.8 Å². The molecule has 1 atom stereocenters. The number of likely N-dealkylation sites (tertiary alicyclic amines) is 1. The van der Waals surface area contributed by atoms with E-state index in [-0.39, 0.29) is 0 Å². The van der Waals surface area contributed by atoms with Crippen LogP contribution in [-0.4, -0.2) is 74.9 Å². The van der Waals surface area contributed by atoms with Crippen LogP contribution in [0.1, 0.15) is 26.7 Å². The van der Waals surface area contributed by atoms with Crippen molar-refractivity contribution in [3.05, 3.63) is 0 Å². The summed E-state index contributed by atoms with van der Waals surface area (Å²) >= 11 is 0. The topological polar surface area (TPSA) is 27.7 Å². The minimum Gasteiger partial charge on any atom is -0.379 e. The monoisotopic (exact) mass is 269 g/mol. The second-order valence-electron chi connectivity index (χ2n) is 6.34. The van der Waals surface area contributed by atoms with Crippen molar-refractivity contribution in [1.82, 2.24) is 15.1 Å². The van der Waals surface area contributed by atoms with E-state index >= 15 is 0 Å². The van der Waals surface area contributed by atoms with Gasteiger partial charge in [0.1, 0.15) is 0 Å². The van der Waals surface area contributed by atoms with Crippen molar-refractivity contribution >= 4 is 0 Å². The number of nitrogens with zero attached hydrogens (tertiary/aromatic N) is 2. The van der Waals surface area contributed by atoms with Crippen LogP contribution in [0.5, 0.6) is 0 Å². The fourth-order valence-corrected chi connectivity index (χ4v) is 3.05. The van der Waals surface area contributed by atoms with E-state index in [1.165, 1.54) is 39.0 Å². The van der Waals surface area contributed by atoms with E-state index in [9.17, 15) is 0 Å². The number of morpholine rings is 1. The Hall–Kier alpha value is -0.160. The first-order valence-corrected chi connectivity index (χ1v) is 8.00. The maximum absolute atomic E-state index is 5.40. The van der Waals surface area contributed by atoms with Crippen LogP contribution in [0.2, 0.25) is 0 Å². The van der Waals surface area contributed by atoms with Crippen molar-refractivity contribution in [3.8, 4) is 0 Å². The lowest BCUT2D eigenvalue weighted by atomic mass is 10.2. The smallest absolute Gasteiger partial charge is 0.0594 e. The van der Waals surface area contributed by atoms with E-state index in [1.54, 1.807) is 0 Å². The number of hydrogen-bond donors (Lipinski definition) is 1. The molecule has 0 bridgehead atoms. The molecule has 0 aliphatic carbocycles. The number of hydrogen-bond acceptors (Lipinski definition) is 4. The van der Waals surface area contributed by atoms with Crippen LogP contribution in [0.25, 0.3) is 0 Å². The van der Waals surface area contributed by atoms with Crippen LogP contribution in [-0.2, 0) is 4.74 Å². The zero-order valence-corrected chi connectivity index (χ0v) is 12.7. The molecule has 4 heteroatoms. The molecular weight excluding hydrogens is 238 g/mol. The highest BCUT2D eigenvalue weighted by Gasteiger charge is 2.24. The van der Waals surface area contributed by atoms with E-state index in [4.69, 9.17) is 4.74 Å². The van der Waals surface area contributed by atoms with Gasteiger partial charge in [0.2, 0.25) is 0 Å². The van der Waals surface area contributed by atoms with Crippen LogP contribution < -0.4 is 5.32 Å². The largest absolute Gasteiger partial charge is 0.379 e. The quantitative estimate of drug-likeness (QED) is 0.747. The highest BCUT2D eigenvalue weighted by molar-refractivity contribution is 4.82. The SMILES string of the molecule is CC(C)CNCC1CCCN1CCN1CCOCC1. The van der Waals surface area contributed by atoms with Crippen LogP contribution in [0.4, 0.5) is 0 Å². The Labute approximate surface area is 118 Å². The Balaban J connectivity index is 1.63. The fourth-order valence-electron chi connectivity index (χ4n) is 3.05. The highest BCUT2D eigenvalue weighted by atomic mass is 16.5. The summed E-state index contributed by atoms with van der Waals surface area (Å²) in [5.41, 5.74) is 0. The third kappa shape index (κ3) is 5.38. The minimum atomic E-state index is 0.753. The molecule has 2 aliphatic rings. The van der Waals surface area contributed by atoms with E-state index < -0.39 is 0 Å². The third-order valence-electron chi connectivity index (χ3n) is 4.24. The Morgan fingerprint density at radius 3 is 2.68 bits per heavy atom. The van der Waals surface area contributed by atoms with Gasteiger partial charge in [-0.1, -0.05) is 13.8 Å². The molecule has 1 unspecified atom stereocenters. The Morgan fingerprint density at radius 1 is 1.16 bits per heavy atom. The lowest BCUT2D eigenvalue weighted by Crippen LogP contribution is -2.45. The molecule has 4 nitrogen and oxygen atoms in total. The average Bonchev–Trinajstić information content (AvgIpc) is 2.85. The molecule has 0 aromatic rings. The average molecular weight is 269 g/mol. The van der Waals surface area contributed by atoms with E-state index in [1.807, 2.05) is 0 Å². The van der Waals surface area contributed by atoms with Gasteiger partial charge in [-0.2, -0.15) is 0 Å². The summed E-state index contributed by atoms with van der Waals surface area (Å²) in [5, 5.41) is 3.62. The highest BCUT2D eigenvalue weighted by Crippen LogP contribution is 2.16. The molecule has 2 saturated heterocycles. The predicted molar refractivity (Wildman–Crippen MR) is 79.6 cm³/mol. The van der Waals surface area contributed by atoms with Gasteiger partial charge >= 0.3 is 0 Å². The molecule has 2 fully saturated rings. The first kappa shape index (κ1) is 15.2. The zero-order valence-electron chi connectivity index (χ0n) is 12.7. The molecule has 0 aromatic heterocycles.